The molecule has 2 N–H and O–H groups in total. The van der Waals surface area contributed by atoms with Crippen LogP contribution in [0.15, 0.2) is 0 Å². The molecule has 18 heavy (non-hydrogen) atoms. The summed E-state index contributed by atoms with van der Waals surface area (Å²) in [7, 11) is 0. The minimum absolute atomic E-state index is 0.437. The molecule has 2 unspecified atom stereocenters. The molecule has 1 aliphatic carbocycles. The largest absolute Gasteiger partial charge is 0.327 e. The van der Waals surface area contributed by atoms with Crippen LogP contribution < -0.4 is 5.73 Å². The Hall–Kier alpha value is -0.0800. The maximum Gasteiger partial charge on any atom is 0.00956 e. The van der Waals surface area contributed by atoms with Gasteiger partial charge in [0.15, 0.2) is 0 Å². The Morgan fingerprint density at radius 1 is 1.00 bits per heavy atom. The first kappa shape index (κ1) is 14.3. The highest BCUT2D eigenvalue weighted by Crippen LogP contribution is 2.39. The van der Waals surface area contributed by atoms with E-state index in [2.05, 4.69) is 32.6 Å². The number of hydrogen-bond acceptors (Lipinski definition) is 2. The molecule has 0 aromatic carbocycles. The van der Waals surface area contributed by atoms with Gasteiger partial charge >= 0.3 is 0 Å². The zero-order valence-electron chi connectivity index (χ0n) is 12.8. The van der Waals surface area contributed by atoms with E-state index in [0.29, 0.717) is 17.4 Å². The van der Waals surface area contributed by atoms with E-state index in [0.717, 1.165) is 12.0 Å². The molecule has 1 saturated heterocycles. The predicted molar refractivity (Wildman–Crippen MR) is 78.5 cm³/mol. The number of hydrogen-bond donors (Lipinski definition) is 1. The van der Waals surface area contributed by atoms with Crippen molar-refractivity contribution in [1.29, 1.82) is 0 Å². The summed E-state index contributed by atoms with van der Waals surface area (Å²) in [6.45, 7) is 12.0. The molecule has 2 fully saturated rings. The second-order valence-electron chi connectivity index (χ2n) is 7.80. The molecule has 2 rings (SSSR count). The zero-order valence-corrected chi connectivity index (χ0v) is 12.8. The lowest BCUT2D eigenvalue weighted by Gasteiger charge is -2.44. The summed E-state index contributed by atoms with van der Waals surface area (Å²) in [5, 5.41) is 0. The lowest BCUT2D eigenvalue weighted by Crippen LogP contribution is -2.50. The van der Waals surface area contributed by atoms with Crippen LogP contribution in [0.1, 0.15) is 59.8 Å². The lowest BCUT2D eigenvalue weighted by atomic mass is 9.71. The molecular weight excluding hydrogens is 220 g/mol. The Balaban J connectivity index is 1.83. The topological polar surface area (TPSA) is 29.3 Å². The van der Waals surface area contributed by atoms with Gasteiger partial charge in [0.2, 0.25) is 0 Å². The summed E-state index contributed by atoms with van der Waals surface area (Å²) in [4.78, 5) is 2.73. The van der Waals surface area contributed by atoms with Crippen molar-refractivity contribution < 1.29 is 0 Å². The number of nitrogens with zero attached hydrogens (tertiary/aromatic N) is 1. The minimum Gasteiger partial charge on any atom is -0.327 e. The van der Waals surface area contributed by atoms with Gasteiger partial charge in [-0.1, -0.05) is 27.7 Å². The first-order valence-corrected chi connectivity index (χ1v) is 7.87. The summed E-state index contributed by atoms with van der Waals surface area (Å²) in [6, 6.07) is 1.28. The van der Waals surface area contributed by atoms with Gasteiger partial charge in [-0.3, -0.25) is 0 Å². The molecule has 0 aromatic rings. The van der Waals surface area contributed by atoms with Crippen LogP contribution >= 0.6 is 0 Å². The Morgan fingerprint density at radius 3 is 2.11 bits per heavy atom. The van der Waals surface area contributed by atoms with E-state index in [1.165, 1.54) is 45.2 Å². The van der Waals surface area contributed by atoms with Crippen molar-refractivity contribution in [2.45, 2.75) is 71.9 Å². The molecule has 2 aliphatic rings. The van der Waals surface area contributed by atoms with Crippen LogP contribution in [0.25, 0.3) is 0 Å². The number of piperidine rings is 1. The van der Waals surface area contributed by atoms with Gasteiger partial charge in [-0.05, 0) is 55.9 Å². The van der Waals surface area contributed by atoms with Crippen LogP contribution in [0.5, 0.6) is 0 Å². The van der Waals surface area contributed by atoms with Gasteiger partial charge in [0.25, 0.3) is 0 Å². The van der Waals surface area contributed by atoms with E-state index in [1.807, 2.05) is 0 Å². The summed E-state index contributed by atoms with van der Waals surface area (Å²) in [5.74, 6) is 1.61. The molecule has 0 aromatic heterocycles. The van der Waals surface area contributed by atoms with Gasteiger partial charge in [0.05, 0.1) is 0 Å². The molecule has 0 spiro atoms. The van der Waals surface area contributed by atoms with Gasteiger partial charge in [0, 0.05) is 18.6 Å². The van der Waals surface area contributed by atoms with Crippen molar-refractivity contribution in [3.63, 3.8) is 0 Å². The summed E-state index contributed by atoms with van der Waals surface area (Å²) >= 11 is 0. The summed E-state index contributed by atoms with van der Waals surface area (Å²) in [5.41, 5.74) is 6.62. The fraction of sp³-hybridized carbons (Fsp3) is 1.00. The van der Waals surface area contributed by atoms with Crippen LogP contribution in [-0.2, 0) is 0 Å². The average Bonchev–Trinajstić information content (AvgIpc) is 2.32. The van der Waals surface area contributed by atoms with Crippen molar-refractivity contribution in [2.75, 3.05) is 13.1 Å². The average molecular weight is 252 g/mol. The third-order valence-corrected chi connectivity index (χ3v) is 5.44. The summed E-state index contributed by atoms with van der Waals surface area (Å²) < 4.78 is 0. The van der Waals surface area contributed by atoms with Crippen molar-refractivity contribution in [1.82, 2.24) is 4.90 Å². The van der Waals surface area contributed by atoms with Gasteiger partial charge in [-0.25, -0.2) is 0 Å². The molecule has 0 amide bonds. The molecule has 106 valence electrons. The first-order chi connectivity index (χ1) is 8.38. The number of likely N-dealkylation sites (tertiary alicyclic amines) is 1. The Kier molecular flexibility index (Phi) is 4.38. The van der Waals surface area contributed by atoms with Crippen molar-refractivity contribution in [2.24, 2.45) is 23.0 Å². The Morgan fingerprint density at radius 2 is 1.61 bits per heavy atom. The standard InChI is InChI=1S/C16H32N2/c1-12-11-18(10-9-15(12)17)14-7-5-13(6-8-14)16(2,3)4/h12-15H,5-11,17H2,1-4H3. The van der Waals surface area contributed by atoms with Crippen LogP contribution in [0.4, 0.5) is 0 Å². The van der Waals surface area contributed by atoms with Crippen LogP contribution in [0.3, 0.4) is 0 Å². The normalized spacial score (nSPS) is 39.8. The second kappa shape index (κ2) is 5.50. The number of nitrogens with two attached hydrogens (primary N) is 1. The Bertz CT molecular complexity index is 261. The highest BCUT2D eigenvalue weighted by molar-refractivity contribution is 4.88. The van der Waals surface area contributed by atoms with Gasteiger partial charge in [0.1, 0.15) is 0 Å². The first-order valence-electron chi connectivity index (χ1n) is 7.87. The van der Waals surface area contributed by atoms with E-state index >= 15 is 0 Å². The van der Waals surface area contributed by atoms with E-state index < -0.39 is 0 Å². The monoisotopic (exact) mass is 252 g/mol. The molecule has 2 nitrogen and oxygen atoms in total. The maximum absolute atomic E-state index is 6.12. The number of rotatable bonds is 1. The molecule has 0 bridgehead atoms. The lowest BCUT2D eigenvalue weighted by molar-refractivity contribution is 0.0617. The molecular formula is C16H32N2. The van der Waals surface area contributed by atoms with Crippen LogP contribution in [0, 0.1) is 17.3 Å². The third-order valence-electron chi connectivity index (χ3n) is 5.44. The van der Waals surface area contributed by atoms with Crippen LogP contribution in [-0.4, -0.2) is 30.1 Å². The second-order valence-corrected chi connectivity index (χ2v) is 7.80. The van der Waals surface area contributed by atoms with E-state index in [1.54, 1.807) is 0 Å². The van der Waals surface area contributed by atoms with Crippen molar-refractivity contribution in [3.8, 4) is 0 Å². The molecule has 1 saturated carbocycles. The smallest absolute Gasteiger partial charge is 0.00956 e. The fourth-order valence-electron chi connectivity index (χ4n) is 3.83. The predicted octanol–water partition coefficient (Wildman–Crippen LogP) is 3.26. The van der Waals surface area contributed by atoms with Crippen molar-refractivity contribution >= 4 is 0 Å². The van der Waals surface area contributed by atoms with E-state index in [4.69, 9.17) is 5.73 Å². The quantitative estimate of drug-likeness (QED) is 0.776. The van der Waals surface area contributed by atoms with Crippen LogP contribution in [0.2, 0.25) is 0 Å². The van der Waals surface area contributed by atoms with Crippen molar-refractivity contribution in [3.05, 3.63) is 0 Å². The highest BCUT2D eigenvalue weighted by Gasteiger charge is 2.34. The fourth-order valence-corrected chi connectivity index (χ4v) is 3.83. The third kappa shape index (κ3) is 3.27. The molecule has 2 atom stereocenters. The highest BCUT2D eigenvalue weighted by atomic mass is 15.2. The summed E-state index contributed by atoms with van der Waals surface area (Å²) in [6.07, 6.45) is 6.85. The Labute approximate surface area is 113 Å². The van der Waals surface area contributed by atoms with E-state index in [9.17, 15) is 0 Å². The molecule has 2 heteroatoms. The van der Waals surface area contributed by atoms with Gasteiger partial charge in [-0.2, -0.15) is 0 Å². The van der Waals surface area contributed by atoms with Gasteiger partial charge in [-0.15, -0.1) is 0 Å². The molecule has 1 aliphatic heterocycles. The molecule has 1 heterocycles. The van der Waals surface area contributed by atoms with E-state index in [-0.39, 0.29) is 0 Å². The zero-order chi connectivity index (χ0) is 13.3. The van der Waals surface area contributed by atoms with Gasteiger partial charge < -0.3 is 10.6 Å². The molecule has 0 radical (unpaired) electrons. The minimum atomic E-state index is 0.437. The SMILES string of the molecule is CC1CN(C2CCC(C(C)(C)C)CC2)CCC1N. The maximum atomic E-state index is 6.12.